The van der Waals surface area contributed by atoms with Gasteiger partial charge in [-0.25, -0.2) is 4.39 Å². The molecule has 0 aromatic heterocycles. The Hall–Kier alpha value is -1.38. The fraction of sp³-hybridized carbons (Fsp3) is 0. The molecule has 0 spiro atoms. The minimum absolute atomic E-state index is 0.282. The molecule has 0 unspecified atom stereocenters. The summed E-state index contributed by atoms with van der Waals surface area (Å²) in [6.45, 7) is 0. The molecule has 0 saturated carbocycles. The van der Waals surface area contributed by atoms with Crippen molar-refractivity contribution in [1.82, 2.24) is 0 Å². The van der Waals surface area contributed by atoms with Crippen LogP contribution in [-0.2, 0) is 0 Å². The summed E-state index contributed by atoms with van der Waals surface area (Å²) in [5.74, 6) is -0.501. The molecule has 0 aliphatic rings. The van der Waals surface area contributed by atoms with Gasteiger partial charge in [0.15, 0.2) is 0 Å². The molecule has 2 rings (SSSR count). The van der Waals surface area contributed by atoms with Crippen LogP contribution in [0.25, 0.3) is 11.1 Å². The van der Waals surface area contributed by atoms with Gasteiger partial charge in [0.05, 0.1) is 10.0 Å². The summed E-state index contributed by atoms with van der Waals surface area (Å²) in [6.07, 6.45) is 0.590. The van der Waals surface area contributed by atoms with E-state index in [-0.39, 0.29) is 5.56 Å². The van der Waals surface area contributed by atoms with Crippen molar-refractivity contribution < 1.29 is 9.18 Å². The summed E-state index contributed by atoms with van der Waals surface area (Å²) in [4.78, 5) is 10.5. The van der Waals surface area contributed by atoms with Crippen LogP contribution in [-0.4, -0.2) is 6.29 Å². The van der Waals surface area contributed by atoms with Crippen molar-refractivity contribution in [3.8, 4) is 11.1 Å². The zero-order valence-corrected chi connectivity index (χ0v) is 10.1. The van der Waals surface area contributed by atoms with Gasteiger partial charge >= 0.3 is 0 Å². The maximum absolute atomic E-state index is 13.8. The van der Waals surface area contributed by atoms with Crippen LogP contribution in [0.4, 0.5) is 4.39 Å². The molecule has 0 radical (unpaired) electrons. The van der Waals surface area contributed by atoms with E-state index in [0.29, 0.717) is 27.5 Å². The number of rotatable bonds is 2. The molecule has 0 saturated heterocycles. The van der Waals surface area contributed by atoms with Crippen molar-refractivity contribution in [2.45, 2.75) is 0 Å². The molecule has 0 fully saturated rings. The maximum Gasteiger partial charge on any atom is 0.150 e. The minimum atomic E-state index is -0.501. The molecule has 0 aliphatic heterocycles. The molecule has 2 aromatic carbocycles. The third kappa shape index (κ3) is 2.33. The summed E-state index contributed by atoms with van der Waals surface area (Å²) in [6, 6.07) is 9.20. The Morgan fingerprint density at radius 1 is 1.06 bits per heavy atom. The summed E-state index contributed by atoms with van der Waals surface area (Å²) in [5.41, 5.74) is 1.11. The van der Waals surface area contributed by atoms with Crippen LogP contribution in [0.1, 0.15) is 10.4 Å². The van der Waals surface area contributed by atoms with Gasteiger partial charge in [-0.05, 0) is 12.1 Å². The lowest BCUT2D eigenvalue weighted by Crippen LogP contribution is -1.89. The molecule has 1 nitrogen and oxygen atoms in total. The number of benzene rings is 2. The highest BCUT2D eigenvalue weighted by Crippen LogP contribution is 2.34. The molecular formula is C13H7Cl2FO. The molecule has 4 heteroatoms. The Morgan fingerprint density at radius 2 is 1.82 bits per heavy atom. The van der Waals surface area contributed by atoms with Crippen LogP contribution in [0.15, 0.2) is 36.4 Å². The first kappa shape index (κ1) is 12.1. The largest absolute Gasteiger partial charge is 0.298 e. The third-order valence-electron chi connectivity index (χ3n) is 2.37. The van der Waals surface area contributed by atoms with Crippen LogP contribution in [0.2, 0.25) is 10.0 Å². The Balaban J connectivity index is 2.61. The van der Waals surface area contributed by atoms with Gasteiger partial charge < -0.3 is 0 Å². The highest BCUT2D eigenvalue weighted by Gasteiger charge is 2.11. The quantitative estimate of drug-likeness (QED) is 0.727. The highest BCUT2D eigenvalue weighted by molar-refractivity contribution is 6.43. The smallest absolute Gasteiger partial charge is 0.150 e. The van der Waals surface area contributed by atoms with Crippen molar-refractivity contribution in [3.63, 3.8) is 0 Å². The summed E-state index contributed by atoms with van der Waals surface area (Å²) in [7, 11) is 0. The molecule has 0 aliphatic carbocycles. The second-order valence-electron chi connectivity index (χ2n) is 3.46. The lowest BCUT2D eigenvalue weighted by molar-refractivity contribution is 0.112. The van der Waals surface area contributed by atoms with Crippen molar-refractivity contribution in [2.75, 3.05) is 0 Å². The zero-order valence-electron chi connectivity index (χ0n) is 8.58. The number of carbonyl (C=O) groups is 1. The van der Waals surface area contributed by atoms with Gasteiger partial charge in [0.2, 0.25) is 0 Å². The molecule has 0 heterocycles. The van der Waals surface area contributed by atoms with Crippen LogP contribution in [0.3, 0.4) is 0 Å². The molecular weight excluding hydrogens is 262 g/mol. The molecule has 0 amide bonds. The molecule has 0 atom stereocenters. The Bertz CT molecular complexity index is 582. The van der Waals surface area contributed by atoms with Gasteiger partial charge in [-0.2, -0.15) is 0 Å². The normalized spacial score (nSPS) is 10.3. The maximum atomic E-state index is 13.8. The van der Waals surface area contributed by atoms with Crippen LogP contribution in [0.5, 0.6) is 0 Å². The predicted octanol–water partition coefficient (Wildman–Crippen LogP) is 4.61. The number of hydrogen-bond donors (Lipinski definition) is 0. The van der Waals surface area contributed by atoms with E-state index < -0.39 is 5.82 Å². The first-order chi connectivity index (χ1) is 8.13. The SMILES string of the molecule is O=Cc1ccc(-c2cccc(Cl)c2Cl)c(F)c1. The van der Waals surface area contributed by atoms with E-state index in [1.807, 2.05) is 0 Å². The van der Waals surface area contributed by atoms with Gasteiger partial charge in [-0.1, -0.05) is 47.5 Å². The average molecular weight is 269 g/mol. The van der Waals surface area contributed by atoms with Gasteiger partial charge in [-0.3, -0.25) is 4.79 Å². The monoisotopic (exact) mass is 268 g/mol. The highest BCUT2D eigenvalue weighted by atomic mass is 35.5. The van der Waals surface area contributed by atoms with Crippen LogP contribution in [0, 0.1) is 5.82 Å². The summed E-state index contributed by atoms with van der Waals surface area (Å²) < 4.78 is 13.8. The predicted molar refractivity (Wildman–Crippen MR) is 67.2 cm³/mol. The van der Waals surface area contributed by atoms with Crippen molar-refractivity contribution in [2.24, 2.45) is 0 Å². The van der Waals surface area contributed by atoms with Crippen molar-refractivity contribution in [1.29, 1.82) is 0 Å². The fourth-order valence-corrected chi connectivity index (χ4v) is 1.94. The van der Waals surface area contributed by atoms with Gasteiger partial charge in [-0.15, -0.1) is 0 Å². The zero-order chi connectivity index (χ0) is 12.4. The van der Waals surface area contributed by atoms with E-state index in [4.69, 9.17) is 23.2 Å². The van der Waals surface area contributed by atoms with Crippen molar-refractivity contribution >= 4 is 29.5 Å². The number of carbonyl (C=O) groups excluding carboxylic acids is 1. The fourth-order valence-electron chi connectivity index (χ4n) is 1.53. The molecule has 0 bridgehead atoms. The topological polar surface area (TPSA) is 17.1 Å². The minimum Gasteiger partial charge on any atom is -0.298 e. The second kappa shape index (κ2) is 4.86. The van der Waals surface area contributed by atoms with Gasteiger partial charge in [0.25, 0.3) is 0 Å². The Morgan fingerprint density at radius 3 is 2.47 bits per heavy atom. The van der Waals surface area contributed by atoms with E-state index in [9.17, 15) is 9.18 Å². The summed E-state index contributed by atoms with van der Waals surface area (Å²) in [5, 5.41) is 0.662. The molecule has 0 N–H and O–H groups in total. The number of aldehydes is 1. The first-order valence-corrected chi connectivity index (χ1v) is 5.58. The summed E-state index contributed by atoms with van der Waals surface area (Å²) >= 11 is 11.9. The molecule has 86 valence electrons. The van der Waals surface area contributed by atoms with Gasteiger partial charge in [0, 0.05) is 16.7 Å². The number of hydrogen-bond acceptors (Lipinski definition) is 1. The molecule has 2 aromatic rings. The molecule has 17 heavy (non-hydrogen) atoms. The van der Waals surface area contributed by atoms with Crippen LogP contribution >= 0.6 is 23.2 Å². The van der Waals surface area contributed by atoms with E-state index in [0.717, 1.165) is 0 Å². The van der Waals surface area contributed by atoms with Gasteiger partial charge in [0.1, 0.15) is 12.1 Å². The Kier molecular flexibility index (Phi) is 3.46. The lowest BCUT2D eigenvalue weighted by atomic mass is 10.0. The standard InChI is InChI=1S/C13H7Cl2FO/c14-11-3-1-2-10(13(11)15)9-5-4-8(7-17)6-12(9)16/h1-7H. The van der Waals surface area contributed by atoms with Crippen molar-refractivity contribution in [3.05, 3.63) is 57.8 Å². The number of halogens is 3. The van der Waals surface area contributed by atoms with E-state index in [2.05, 4.69) is 0 Å². The second-order valence-corrected chi connectivity index (χ2v) is 4.24. The van der Waals surface area contributed by atoms with E-state index in [1.165, 1.54) is 18.2 Å². The third-order valence-corrected chi connectivity index (χ3v) is 3.19. The van der Waals surface area contributed by atoms with Crippen LogP contribution < -0.4 is 0 Å². The Labute approximate surface area is 108 Å². The average Bonchev–Trinajstić information content (AvgIpc) is 2.33. The lowest BCUT2D eigenvalue weighted by Gasteiger charge is -2.07. The first-order valence-electron chi connectivity index (χ1n) is 4.82. The van der Waals surface area contributed by atoms with E-state index in [1.54, 1.807) is 18.2 Å². The van der Waals surface area contributed by atoms with E-state index >= 15 is 0 Å².